The van der Waals surface area contributed by atoms with Crippen molar-refractivity contribution < 1.29 is 25.9 Å². The molecule has 0 heterocycles. The minimum Gasteiger partial charge on any atom is -0.744 e. The Morgan fingerprint density at radius 2 is 0.576 bits per heavy atom. The van der Waals surface area contributed by atoms with Crippen LogP contribution in [-0.4, -0.2) is 25.9 Å². The molecule has 85 heavy (non-hydrogen) atoms. The molecule has 0 aromatic heterocycles. The van der Waals surface area contributed by atoms with Crippen molar-refractivity contribution >= 4 is 42.0 Å². The Morgan fingerprint density at radius 1 is 0.329 bits per heavy atom. The van der Waals surface area contributed by atoms with Crippen LogP contribution in [-0.2, 0) is 42.0 Å². The van der Waals surface area contributed by atoms with E-state index < -0.39 is 20.2 Å². The monoisotopic (exact) mass is 1210 g/mol. The van der Waals surface area contributed by atoms with E-state index in [0.717, 1.165) is 68.1 Å². The molecular weight excluding hydrogens is 1130 g/mol. The summed E-state index contributed by atoms with van der Waals surface area (Å²) in [5.74, 6) is 1.36. The second kappa shape index (κ2) is 31.8. The van der Waals surface area contributed by atoms with Crippen LogP contribution in [0.1, 0.15) is 207 Å². The molecule has 3 saturated carbocycles. The van der Waals surface area contributed by atoms with E-state index in [4.69, 9.17) is 0 Å². The summed E-state index contributed by atoms with van der Waals surface area (Å²) in [4.78, 5) is 8.34. The summed E-state index contributed by atoms with van der Waals surface area (Å²) < 4.78 is 72.3. The zero-order valence-corrected chi connectivity index (χ0v) is 54.0. The molecule has 6 nitrogen and oxygen atoms in total. The highest BCUT2D eigenvalue weighted by Crippen LogP contribution is 2.46. The molecule has 0 bridgehead atoms. The second-order valence-electron chi connectivity index (χ2n) is 23.9. The highest BCUT2D eigenvalue weighted by atomic mass is 32.2. The SMILES string of the molecule is CC(C)c1cc(C(C)C)c(S(=O)(=O)[O-])c(C(C)C)c1.O=S(=O)([O-])c1c(C2CCCCC2)cc(C2CCCCC2)cc1C1CCCCC1.c1ccc([S+](c2ccccc2)c2ccccc2)cc1.c1ccc([S+](c2ccccc2)c2ccccc2)cc1. The maximum Gasteiger partial charge on any atom is 0.166 e. The van der Waals surface area contributed by atoms with Crippen LogP contribution in [0.4, 0.5) is 0 Å². The van der Waals surface area contributed by atoms with E-state index in [0.29, 0.717) is 23.0 Å². The van der Waals surface area contributed by atoms with Crippen molar-refractivity contribution in [2.24, 2.45) is 0 Å². The van der Waals surface area contributed by atoms with Crippen LogP contribution in [0, 0.1) is 0 Å². The first-order valence-electron chi connectivity index (χ1n) is 31.1. The lowest BCUT2D eigenvalue weighted by atomic mass is 9.76. The van der Waals surface area contributed by atoms with Gasteiger partial charge >= 0.3 is 0 Å². The predicted octanol–water partition coefficient (Wildman–Crippen LogP) is 20.3. The minimum absolute atomic E-state index is 0.00919. The Labute approximate surface area is 516 Å². The van der Waals surface area contributed by atoms with Crippen molar-refractivity contribution in [1.82, 2.24) is 0 Å². The molecule has 10 heteroatoms. The maximum atomic E-state index is 12.5. The number of hydrogen-bond donors (Lipinski definition) is 0. The van der Waals surface area contributed by atoms with Gasteiger partial charge in [0, 0.05) is 0 Å². The third-order valence-electron chi connectivity index (χ3n) is 16.8. The van der Waals surface area contributed by atoms with Crippen molar-refractivity contribution in [3.63, 3.8) is 0 Å². The highest BCUT2D eigenvalue weighted by Gasteiger charge is 2.32. The third-order valence-corrected chi connectivity index (χ3v) is 23.2. The largest absolute Gasteiger partial charge is 0.744 e. The molecule has 3 aliphatic rings. The van der Waals surface area contributed by atoms with Crippen molar-refractivity contribution in [2.45, 2.75) is 213 Å². The Morgan fingerprint density at radius 3 is 0.800 bits per heavy atom. The number of benzene rings is 8. The Hall–Kier alpha value is -5.72. The van der Waals surface area contributed by atoms with Gasteiger partial charge in [-0.15, -0.1) is 0 Å². The molecule has 3 aliphatic carbocycles. The Bertz CT molecular complexity index is 3130. The van der Waals surface area contributed by atoms with E-state index in [1.165, 1.54) is 79.9 Å². The molecule has 0 unspecified atom stereocenters. The molecule has 8 aromatic rings. The van der Waals surface area contributed by atoms with Crippen LogP contribution in [0.15, 0.2) is 245 Å². The lowest BCUT2D eigenvalue weighted by molar-refractivity contribution is 0.411. The summed E-state index contributed by atoms with van der Waals surface area (Å²) in [5, 5.41) is 0. The van der Waals surface area contributed by atoms with Crippen molar-refractivity contribution in [3.05, 3.63) is 240 Å². The molecule has 0 aliphatic heterocycles. The summed E-state index contributed by atoms with van der Waals surface area (Å²) in [6.45, 7) is 11.8. The van der Waals surface area contributed by atoms with Gasteiger partial charge in [-0.1, -0.05) is 233 Å². The Kier molecular flexibility index (Phi) is 24.4. The van der Waals surface area contributed by atoms with Gasteiger partial charge in [-0.3, -0.25) is 0 Å². The average molecular weight is 1210 g/mol. The lowest BCUT2D eigenvalue weighted by Crippen LogP contribution is -2.18. The minimum atomic E-state index is -4.46. The normalized spacial score (nSPS) is 15.4. The molecule has 0 spiro atoms. The van der Waals surface area contributed by atoms with E-state index in [1.807, 2.05) is 39.8 Å². The standard InChI is InChI=1S/C24H36O3S.2C18H15S.C15H24O3S/c25-28(26,27)24-22(19-12-6-2-7-13-19)16-21(18-10-4-1-5-11-18)17-23(24)20-14-8-3-9-15-20;2*1-4-10-16(11-5-1)19(17-12-6-2-7-13-17)18-14-8-3-9-15-18;1-9(2)12-7-13(10(3)4)15(19(16,17)18)14(8-12)11(5)6/h16-20H,1-15H2,(H,25,26,27);2*1-15H;7-11H,1-6H3,(H,16,17,18)/q;2*+1;/p-2. The van der Waals surface area contributed by atoms with Crippen molar-refractivity contribution in [3.8, 4) is 0 Å². The maximum absolute atomic E-state index is 12.5. The molecular formula is C75H88O6S4. The van der Waals surface area contributed by atoms with Crippen LogP contribution < -0.4 is 0 Å². The van der Waals surface area contributed by atoms with Crippen molar-refractivity contribution in [2.75, 3.05) is 0 Å². The molecule has 0 saturated heterocycles. The van der Waals surface area contributed by atoms with Crippen LogP contribution in [0.25, 0.3) is 0 Å². The van der Waals surface area contributed by atoms with Gasteiger partial charge in [-0.25, -0.2) is 16.8 Å². The molecule has 0 N–H and O–H groups in total. The molecule has 3 fully saturated rings. The van der Waals surface area contributed by atoms with E-state index >= 15 is 0 Å². The number of hydrogen-bond acceptors (Lipinski definition) is 6. The van der Waals surface area contributed by atoms with Gasteiger partial charge in [-0.05, 0) is 180 Å². The molecule has 0 atom stereocenters. The van der Waals surface area contributed by atoms with E-state index in [1.54, 1.807) is 0 Å². The Balaban J connectivity index is 0.000000150. The summed E-state index contributed by atoms with van der Waals surface area (Å²) in [7, 11) is -8.94. The summed E-state index contributed by atoms with van der Waals surface area (Å²) in [5.41, 5.74) is 5.47. The quantitative estimate of drug-likeness (QED) is 0.0791. The zero-order valence-electron chi connectivity index (χ0n) is 50.8. The topological polar surface area (TPSA) is 114 Å². The summed E-state index contributed by atoms with van der Waals surface area (Å²) in [6, 6.07) is 72.4. The molecule has 448 valence electrons. The van der Waals surface area contributed by atoms with E-state index in [2.05, 4.69) is 208 Å². The smallest absolute Gasteiger partial charge is 0.166 e. The van der Waals surface area contributed by atoms with Gasteiger partial charge in [0.15, 0.2) is 29.4 Å². The lowest BCUT2D eigenvalue weighted by Gasteiger charge is -2.33. The van der Waals surface area contributed by atoms with E-state index in [-0.39, 0.29) is 55.3 Å². The van der Waals surface area contributed by atoms with Crippen LogP contribution in [0.3, 0.4) is 0 Å². The summed E-state index contributed by atoms with van der Waals surface area (Å²) >= 11 is 0. The average Bonchev–Trinajstić information content (AvgIpc) is 3.05. The zero-order chi connectivity index (χ0) is 60.3. The van der Waals surface area contributed by atoms with Crippen molar-refractivity contribution in [1.29, 1.82) is 0 Å². The molecule has 0 radical (unpaired) electrons. The fraction of sp³-hybridized carbons (Fsp3) is 0.360. The number of rotatable bonds is 14. The highest BCUT2D eigenvalue weighted by molar-refractivity contribution is 7.97. The third kappa shape index (κ3) is 18.2. The molecule has 11 rings (SSSR count). The van der Waals surface area contributed by atoms with Gasteiger partial charge in [0.05, 0.1) is 31.6 Å². The van der Waals surface area contributed by atoms with Gasteiger partial charge in [-0.2, -0.15) is 0 Å². The first kappa shape index (κ1) is 65.3. The van der Waals surface area contributed by atoms with Crippen LogP contribution in [0.2, 0.25) is 0 Å². The molecule has 8 aromatic carbocycles. The first-order valence-corrected chi connectivity index (χ1v) is 36.3. The van der Waals surface area contributed by atoms with Gasteiger partial charge < -0.3 is 9.11 Å². The van der Waals surface area contributed by atoms with E-state index in [9.17, 15) is 25.9 Å². The molecule has 0 amide bonds. The fourth-order valence-corrected chi connectivity index (χ4v) is 18.8. The predicted molar refractivity (Wildman–Crippen MR) is 352 cm³/mol. The van der Waals surface area contributed by atoms with Crippen LogP contribution >= 0.6 is 0 Å². The second-order valence-corrected chi connectivity index (χ2v) is 30.6. The summed E-state index contributed by atoms with van der Waals surface area (Å²) in [6.07, 6.45) is 17.4. The van der Waals surface area contributed by atoms with Crippen LogP contribution in [0.5, 0.6) is 0 Å². The first-order chi connectivity index (χ1) is 41.0. The van der Waals surface area contributed by atoms with Gasteiger partial charge in [0.25, 0.3) is 0 Å². The van der Waals surface area contributed by atoms with Gasteiger partial charge in [0.1, 0.15) is 20.2 Å². The van der Waals surface area contributed by atoms with Gasteiger partial charge in [0.2, 0.25) is 0 Å². The fourth-order valence-electron chi connectivity index (χ4n) is 12.4.